The second-order valence-corrected chi connectivity index (χ2v) is 7.66. The Labute approximate surface area is 163 Å². The summed E-state index contributed by atoms with van der Waals surface area (Å²) in [6.07, 6.45) is -0.734. The van der Waals surface area contributed by atoms with Gasteiger partial charge in [0.1, 0.15) is 17.3 Å². The van der Waals surface area contributed by atoms with Gasteiger partial charge in [0, 0.05) is 0 Å². The summed E-state index contributed by atoms with van der Waals surface area (Å²) in [4.78, 5) is 35.4. The SMILES string of the molecule is CC(=NC(=O)OC(C)(C)C)c1nc(Cl)c(NNC(C(=O)O)C(C)C)nc1C. The lowest BCUT2D eigenvalue weighted by molar-refractivity contribution is -0.140. The number of carbonyl (C=O) groups is 2. The number of hydrazine groups is 1. The number of aliphatic carboxylic acids is 1. The topological polar surface area (TPSA) is 126 Å². The highest BCUT2D eigenvalue weighted by Gasteiger charge is 2.22. The number of aliphatic imine (C=N–C) groups is 1. The number of hydrogen-bond donors (Lipinski definition) is 3. The van der Waals surface area contributed by atoms with Crippen LogP contribution in [0.1, 0.15) is 52.9 Å². The van der Waals surface area contributed by atoms with Gasteiger partial charge < -0.3 is 15.3 Å². The molecule has 1 amide bonds. The second kappa shape index (κ2) is 9.09. The van der Waals surface area contributed by atoms with Crippen LogP contribution in [0.4, 0.5) is 10.6 Å². The van der Waals surface area contributed by atoms with Crippen LogP contribution in [0.3, 0.4) is 0 Å². The minimum atomic E-state index is -1.00. The summed E-state index contributed by atoms with van der Waals surface area (Å²) >= 11 is 6.14. The fraction of sp³-hybridized carbons (Fsp3) is 0.588. The lowest BCUT2D eigenvalue weighted by Crippen LogP contribution is -2.44. The molecule has 0 fully saturated rings. The summed E-state index contributed by atoms with van der Waals surface area (Å²) in [5.41, 5.74) is 5.81. The van der Waals surface area contributed by atoms with Crippen molar-refractivity contribution in [3.05, 3.63) is 16.5 Å². The first-order chi connectivity index (χ1) is 12.3. The van der Waals surface area contributed by atoms with Gasteiger partial charge in [-0.1, -0.05) is 25.4 Å². The smallest absolute Gasteiger partial charge is 0.434 e. The molecule has 0 saturated carbocycles. The quantitative estimate of drug-likeness (QED) is 0.491. The number of carboxylic acids is 1. The Morgan fingerprint density at radius 2 is 1.85 bits per heavy atom. The zero-order valence-electron chi connectivity index (χ0n) is 16.5. The molecular weight excluding hydrogens is 374 g/mol. The van der Waals surface area contributed by atoms with E-state index >= 15 is 0 Å². The third kappa shape index (κ3) is 7.10. The van der Waals surface area contributed by atoms with E-state index in [-0.39, 0.29) is 16.9 Å². The summed E-state index contributed by atoms with van der Waals surface area (Å²) < 4.78 is 5.15. The molecular formula is C17H26ClN5O4. The fourth-order valence-corrected chi connectivity index (χ4v) is 2.23. The van der Waals surface area contributed by atoms with Gasteiger partial charge in [-0.05, 0) is 40.5 Å². The normalized spacial score (nSPS) is 13.4. The molecule has 0 spiro atoms. The van der Waals surface area contributed by atoms with Crippen LogP contribution in [-0.4, -0.2) is 44.5 Å². The number of carboxylic acid groups (broad SMARTS) is 1. The maximum absolute atomic E-state index is 11.8. The van der Waals surface area contributed by atoms with Crippen molar-refractivity contribution in [3.8, 4) is 0 Å². The Morgan fingerprint density at radius 3 is 2.33 bits per heavy atom. The first kappa shape index (κ1) is 22.8. The molecule has 27 heavy (non-hydrogen) atoms. The van der Waals surface area contributed by atoms with Gasteiger partial charge in [-0.25, -0.2) is 20.2 Å². The highest BCUT2D eigenvalue weighted by molar-refractivity contribution is 6.31. The Hall–Kier alpha value is -2.26. The maximum Gasteiger partial charge on any atom is 0.434 e. The number of carbonyl (C=O) groups excluding carboxylic acids is 1. The number of nitrogens with zero attached hydrogens (tertiary/aromatic N) is 3. The van der Waals surface area contributed by atoms with Gasteiger partial charge in [-0.15, -0.1) is 0 Å². The van der Waals surface area contributed by atoms with Gasteiger partial charge in [0.25, 0.3) is 0 Å². The van der Waals surface area contributed by atoms with Crippen molar-refractivity contribution in [2.24, 2.45) is 10.9 Å². The number of hydrogen-bond acceptors (Lipinski definition) is 7. The predicted octanol–water partition coefficient (Wildman–Crippen LogP) is 3.21. The summed E-state index contributed by atoms with van der Waals surface area (Å²) in [7, 11) is 0. The first-order valence-electron chi connectivity index (χ1n) is 8.39. The average molecular weight is 400 g/mol. The van der Waals surface area contributed by atoms with Gasteiger partial charge in [0.05, 0.1) is 11.4 Å². The molecule has 0 aliphatic heterocycles. The van der Waals surface area contributed by atoms with Gasteiger partial charge in [0.2, 0.25) is 0 Å². The fourth-order valence-electron chi connectivity index (χ4n) is 2.06. The Balaban J connectivity index is 3.01. The molecule has 1 unspecified atom stereocenters. The van der Waals surface area contributed by atoms with E-state index < -0.39 is 23.7 Å². The van der Waals surface area contributed by atoms with E-state index in [0.717, 1.165) is 0 Å². The van der Waals surface area contributed by atoms with Crippen molar-refractivity contribution in [1.82, 2.24) is 15.4 Å². The van der Waals surface area contributed by atoms with Crippen LogP contribution in [0.2, 0.25) is 5.15 Å². The van der Waals surface area contributed by atoms with Gasteiger partial charge in [-0.2, -0.15) is 4.99 Å². The second-order valence-electron chi connectivity index (χ2n) is 7.30. The van der Waals surface area contributed by atoms with E-state index in [4.69, 9.17) is 16.3 Å². The number of rotatable bonds is 6. The molecule has 0 aliphatic carbocycles. The van der Waals surface area contributed by atoms with Crippen molar-refractivity contribution in [1.29, 1.82) is 0 Å². The molecule has 0 radical (unpaired) electrons. The number of anilines is 1. The lowest BCUT2D eigenvalue weighted by atomic mass is 10.1. The molecule has 3 N–H and O–H groups in total. The summed E-state index contributed by atoms with van der Waals surface area (Å²) in [5.74, 6) is -0.990. The highest BCUT2D eigenvalue weighted by atomic mass is 35.5. The third-order valence-electron chi connectivity index (χ3n) is 3.30. The van der Waals surface area contributed by atoms with E-state index in [2.05, 4.69) is 25.8 Å². The Morgan fingerprint density at radius 1 is 1.26 bits per heavy atom. The minimum Gasteiger partial charge on any atom is -0.480 e. The predicted molar refractivity (Wildman–Crippen MR) is 103 cm³/mol. The van der Waals surface area contributed by atoms with E-state index in [1.807, 2.05) is 0 Å². The van der Waals surface area contributed by atoms with Crippen LogP contribution in [0.15, 0.2) is 4.99 Å². The molecule has 1 heterocycles. The van der Waals surface area contributed by atoms with Crippen LogP contribution < -0.4 is 10.9 Å². The number of halogens is 1. The number of aromatic nitrogens is 2. The molecule has 0 aromatic carbocycles. The van der Waals surface area contributed by atoms with Gasteiger partial charge >= 0.3 is 12.1 Å². The summed E-state index contributed by atoms with van der Waals surface area (Å²) in [6.45, 7) is 12.0. The standard InChI is InChI=1S/C17H26ClN5O4/c1-8(2)11(15(24)25)22-23-14-13(18)21-12(9(3)19-14)10(4)20-16(26)27-17(5,6)7/h8,11,22H,1-7H3,(H,19,23)(H,24,25). The minimum absolute atomic E-state index is 0.00901. The molecule has 0 bridgehead atoms. The number of aryl methyl sites for hydroxylation is 1. The largest absolute Gasteiger partial charge is 0.480 e. The highest BCUT2D eigenvalue weighted by Crippen LogP contribution is 2.19. The van der Waals surface area contributed by atoms with Crippen molar-refractivity contribution >= 4 is 35.2 Å². The Bertz CT molecular complexity index is 744. The first-order valence-corrected chi connectivity index (χ1v) is 8.76. The van der Waals surface area contributed by atoms with Gasteiger partial charge in [0.15, 0.2) is 11.0 Å². The average Bonchev–Trinajstić information content (AvgIpc) is 2.47. The number of nitrogens with one attached hydrogen (secondary N) is 2. The molecule has 9 nitrogen and oxygen atoms in total. The van der Waals surface area contributed by atoms with Crippen molar-refractivity contribution < 1.29 is 19.4 Å². The molecule has 0 saturated heterocycles. The van der Waals surface area contributed by atoms with E-state index in [0.29, 0.717) is 17.1 Å². The molecule has 0 aliphatic rings. The molecule has 1 atom stereocenters. The van der Waals surface area contributed by atoms with E-state index in [9.17, 15) is 14.7 Å². The number of ether oxygens (including phenoxy) is 1. The number of amides is 1. The van der Waals surface area contributed by atoms with Crippen LogP contribution in [0.25, 0.3) is 0 Å². The molecule has 1 rings (SSSR count). The van der Waals surface area contributed by atoms with E-state index in [1.165, 1.54) is 0 Å². The van der Waals surface area contributed by atoms with Crippen molar-refractivity contribution in [3.63, 3.8) is 0 Å². The molecule has 1 aromatic heterocycles. The summed E-state index contributed by atoms with van der Waals surface area (Å²) in [5, 5.41) is 9.20. The molecule has 10 heteroatoms. The van der Waals surface area contributed by atoms with Crippen LogP contribution in [-0.2, 0) is 9.53 Å². The monoisotopic (exact) mass is 399 g/mol. The van der Waals surface area contributed by atoms with Gasteiger partial charge in [-0.3, -0.25) is 4.79 Å². The zero-order chi connectivity index (χ0) is 20.9. The lowest BCUT2D eigenvalue weighted by Gasteiger charge is -2.19. The maximum atomic E-state index is 11.8. The van der Waals surface area contributed by atoms with Crippen LogP contribution in [0, 0.1) is 12.8 Å². The molecule has 1 aromatic rings. The van der Waals surface area contributed by atoms with Crippen LogP contribution >= 0.6 is 11.6 Å². The van der Waals surface area contributed by atoms with Crippen molar-refractivity contribution in [2.45, 2.75) is 60.1 Å². The Kier molecular flexibility index (Phi) is 7.67. The zero-order valence-corrected chi connectivity index (χ0v) is 17.3. The molecule has 150 valence electrons. The van der Waals surface area contributed by atoms with Crippen LogP contribution in [0.5, 0.6) is 0 Å². The van der Waals surface area contributed by atoms with Crippen molar-refractivity contribution in [2.75, 3.05) is 5.43 Å². The summed E-state index contributed by atoms with van der Waals surface area (Å²) in [6, 6.07) is -0.835. The van der Waals surface area contributed by atoms with E-state index in [1.54, 1.807) is 48.5 Å². The third-order valence-corrected chi connectivity index (χ3v) is 3.57.